The van der Waals surface area contributed by atoms with Crippen molar-refractivity contribution in [2.75, 3.05) is 12.4 Å². The molecule has 0 aliphatic heterocycles. The molecule has 1 amide bonds. The molecule has 24 heavy (non-hydrogen) atoms. The summed E-state index contributed by atoms with van der Waals surface area (Å²) in [5.41, 5.74) is 1.22. The first-order chi connectivity index (χ1) is 11.7. The monoisotopic (exact) mass is 321 g/mol. The van der Waals surface area contributed by atoms with E-state index in [-0.39, 0.29) is 11.3 Å². The van der Waals surface area contributed by atoms with Gasteiger partial charge in [-0.2, -0.15) is 0 Å². The Hall–Kier alpha value is -3.34. The molecule has 0 atom stereocenters. The largest absolute Gasteiger partial charge is 0.497 e. The Kier molecular flexibility index (Phi) is 4.43. The summed E-state index contributed by atoms with van der Waals surface area (Å²) in [4.78, 5) is 24.3. The van der Waals surface area contributed by atoms with E-state index in [1.54, 1.807) is 37.4 Å². The van der Waals surface area contributed by atoms with Crippen LogP contribution in [-0.4, -0.2) is 13.0 Å². The van der Waals surface area contributed by atoms with E-state index in [4.69, 9.17) is 9.15 Å². The number of rotatable bonds is 4. The van der Waals surface area contributed by atoms with Crippen LogP contribution in [0.5, 0.6) is 5.75 Å². The second kappa shape index (κ2) is 6.83. The molecule has 0 saturated carbocycles. The molecule has 0 radical (unpaired) electrons. The molecule has 3 aromatic rings. The third kappa shape index (κ3) is 3.35. The van der Waals surface area contributed by atoms with Gasteiger partial charge in [-0.25, -0.2) is 0 Å². The predicted molar refractivity (Wildman–Crippen MR) is 93.1 cm³/mol. The van der Waals surface area contributed by atoms with Crippen LogP contribution in [0.1, 0.15) is 5.56 Å². The zero-order chi connectivity index (χ0) is 16.9. The van der Waals surface area contributed by atoms with Gasteiger partial charge in [0.25, 0.3) is 0 Å². The van der Waals surface area contributed by atoms with E-state index in [1.165, 1.54) is 18.4 Å². The number of nitrogens with one attached hydrogen (secondary N) is 1. The molecule has 3 rings (SSSR count). The summed E-state index contributed by atoms with van der Waals surface area (Å²) in [6.45, 7) is 0. The lowest BCUT2D eigenvalue weighted by Crippen LogP contribution is -2.09. The number of methoxy groups -OCH3 is 1. The van der Waals surface area contributed by atoms with Crippen LogP contribution >= 0.6 is 0 Å². The van der Waals surface area contributed by atoms with Crippen molar-refractivity contribution in [1.29, 1.82) is 0 Å². The Labute approximate surface area is 138 Å². The molecular weight excluding hydrogens is 306 g/mol. The highest BCUT2D eigenvalue weighted by molar-refractivity contribution is 6.02. The smallest absolute Gasteiger partial charge is 0.248 e. The van der Waals surface area contributed by atoms with Crippen molar-refractivity contribution in [3.63, 3.8) is 0 Å². The van der Waals surface area contributed by atoms with Crippen LogP contribution in [0.3, 0.4) is 0 Å². The van der Waals surface area contributed by atoms with Crippen molar-refractivity contribution >= 4 is 28.6 Å². The number of ether oxygens (including phenoxy) is 1. The van der Waals surface area contributed by atoms with E-state index in [2.05, 4.69) is 5.32 Å². The van der Waals surface area contributed by atoms with Crippen LogP contribution in [0.25, 0.3) is 17.0 Å². The molecule has 0 aliphatic rings. The first kappa shape index (κ1) is 15.6. The molecule has 0 fully saturated rings. The molecule has 0 spiro atoms. The van der Waals surface area contributed by atoms with Crippen molar-refractivity contribution in [3.05, 3.63) is 76.7 Å². The lowest BCUT2D eigenvalue weighted by atomic mass is 10.1. The van der Waals surface area contributed by atoms with Gasteiger partial charge in [0.2, 0.25) is 5.91 Å². The quantitative estimate of drug-likeness (QED) is 0.747. The van der Waals surface area contributed by atoms with Gasteiger partial charge < -0.3 is 14.5 Å². The van der Waals surface area contributed by atoms with Crippen molar-refractivity contribution < 1.29 is 13.9 Å². The van der Waals surface area contributed by atoms with E-state index >= 15 is 0 Å². The normalized spacial score (nSPS) is 10.9. The zero-order valence-corrected chi connectivity index (χ0v) is 13.0. The van der Waals surface area contributed by atoms with Crippen LogP contribution in [0.15, 0.2) is 70.1 Å². The van der Waals surface area contributed by atoms with Crippen LogP contribution in [-0.2, 0) is 4.79 Å². The number of hydrogen-bond acceptors (Lipinski definition) is 4. The van der Waals surface area contributed by atoms with Crippen molar-refractivity contribution in [2.45, 2.75) is 0 Å². The summed E-state index contributed by atoms with van der Waals surface area (Å²) >= 11 is 0. The molecule has 5 heteroatoms. The molecule has 0 bridgehead atoms. The minimum atomic E-state index is -0.324. The number of amides is 1. The van der Waals surface area contributed by atoms with Crippen molar-refractivity contribution in [1.82, 2.24) is 0 Å². The number of para-hydroxylation sites is 1. The van der Waals surface area contributed by atoms with Gasteiger partial charge in [0, 0.05) is 17.8 Å². The fourth-order valence-electron chi connectivity index (χ4n) is 2.24. The summed E-state index contributed by atoms with van der Waals surface area (Å²) in [6, 6.07) is 14.0. The number of fused-ring (bicyclic) bond motifs is 1. The highest BCUT2D eigenvalue weighted by atomic mass is 16.5. The SMILES string of the molecule is COc1ccc2c(=O)c(/C=C/C(=O)Nc3ccccc3)coc2c1. The fourth-order valence-corrected chi connectivity index (χ4v) is 2.24. The van der Waals surface area contributed by atoms with Gasteiger partial charge in [-0.3, -0.25) is 9.59 Å². The molecule has 5 nitrogen and oxygen atoms in total. The van der Waals surface area contributed by atoms with Gasteiger partial charge in [-0.1, -0.05) is 18.2 Å². The number of benzene rings is 2. The van der Waals surface area contributed by atoms with Crippen LogP contribution in [0.2, 0.25) is 0 Å². The Morgan fingerprint density at radius 2 is 1.96 bits per heavy atom. The van der Waals surface area contributed by atoms with Crippen molar-refractivity contribution in [2.24, 2.45) is 0 Å². The average molecular weight is 321 g/mol. The molecular formula is C19H15NO4. The first-order valence-corrected chi connectivity index (χ1v) is 7.31. The van der Waals surface area contributed by atoms with E-state index in [9.17, 15) is 9.59 Å². The van der Waals surface area contributed by atoms with E-state index in [1.807, 2.05) is 18.2 Å². The lowest BCUT2D eigenvalue weighted by molar-refractivity contribution is -0.111. The van der Waals surface area contributed by atoms with Crippen molar-refractivity contribution in [3.8, 4) is 5.75 Å². The van der Waals surface area contributed by atoms with Gasteiger partial charge in [0.05, 0.1) is 18.1 Å². The topological polar surface area (TPSA) is 68.5 Å². The maximum absolute atomic E-state index is 12.4. The standard InChI is InChI=1S/C19H15NO4/c1-23-15-8-9-16-17(11-15)24-12-13(19(16)22)7-10-18(21)20-14-5-3-2-4-6-14/h2-12H,1H3,(H,20,21)/b10-7+. The first-order valence-electron chi connectivity index (χ1n) is 7.31. The second-order valence-electron chi connectivity index (χ2n) is 5.07. The van der Waals surface area contributed by atoms with Gasteiger partial charge in [0.1, 0.15) is 17.6 Å². The number of carbonyl (C=O) groups is 1. The number of carbonyl (C=O) groups excluding carboxylic acids is 1. The molecule has 0 unspecified atom stereocenters. The molecule has 0 aliphatic carbocycles. The molecule has 1 N–H and O–H groups in total. The minimum Gasteiger partial charge on any atom is -0.497 e. The summed E-state index contributed by atoms with van der Waals surface area (Å²) in [5.74, 6) is 0.284. The molecule has 0 saturated heterocycles. The molecule has 120 valence electrons. The maximum atomic E-state index is 12.4. The fraction of sp³-hybridized carbons (Fsp3) is 0.0526. The summed E-state index contributed by atoms with van der Waals surface area (Å²) in [5, 5.41) is 3.14. The second-order valence-corrected chi connectivity index (χ2v) is 5.07. The summed E-state index contributed by atoms with van der Waals surface area (Å²) in [7, 11) is 1.54. The Morgan fingerprint density at radius 1 is 1.17 bits per heavy atom. The summed E-state index contributed by atoms with van der Waals surface area (Å²) < 4.78 is 10.6. The van der Waals surface area contributed by atoms with Crippen LogP contribution < -0.4 is 15.5 Å². The van der Waals surface area contributed by atoms with E-state index in [0.717, 1.165) is 0 Å². The number of anilines is 1. The maximum Gasteiger partial charge on any atom is 0.248 e. The molecule has 1 heterocycles. The average Bonchev–Trinajstić information content (AvgIpc) is 2.61. The van der Waals surface area contributed by atoms with Gasteiger partial charge >= 0.3 is 0 Å². The minimum absolute atomic E-state index is 0.206. The predicted octanol–water partition coefficient (Wildman–Crippen LogP) is 3.45. The zero-order valence-electron chi connectivity index (χ0n) is 13.0. The Balaban J connectivity index is 1.83. The van der Waals surface area contributed by atoms with Gasteiger partial charge in [-0.15, -0.1) is 0 Å². The van der Waals surface area contributed by atoms with Crippen LogP contribution in [0.4, 0.5) is 5.69 Å². The molecule has 2 aromatic carbocycles. The highest BCUT2D eigenvalue weighted by Crippen LogP contribution is 2.19. The van der Waals surface area contributed by atoms with Gasteiger partial charge in [0.15, 0.2) is 5.43 Å². The Bertz CT molecular complexity index is 958. The van der Waals surface area contributed by atoms with Crippen LogP contribution in [0, 0.1) is 0 Å². The third-order valence-electron chi connectivity index (χ3n) is 3.46. The third-order valence-corrected chi connectivity index (χ3v) is 3.46. The Morgan fingerprint density at radius 3 is 2.71 bits per heavy atom. The number of hydrogen-bond donors (Lipinski definition) is 1. The molecule has 1 aromatic heterocycles. The van der Waals surface area contributed by atoms with Gasteiger partial charge in [-0.05, 0) is 30.3 Å². The summed E-state index contributed by atoms with van der Waals surface area (Å²) in [6.07, 6.45) is 4.07. The lowest BCUT2D eigenvalue weighted by Gasteiger charge is -2.02. The highest BCUT2D eigenvalue weighted by Gasteiger charge is 2.06. The van der Waals surface area contributed by atoms with E-state index < -0.39 is 0 Å². The van der Waals surface area contributed by atoms with E-state index in [0.29, 0.717) is 28.0 Å².